The van der Waals surface area contributed by atoms with Crippen LogP contribution in [0.15, 0.2) is 53.6 Å². The van der Waals surface area contributed by atoms with Gasteiger partial charge < -0.3 is 14.2 Å². The molecule has 1 amide bonds. The molecule has 0 bridgehead atoms. The largest absolute Gasteiger partial charge is 0.496 e. The van der Waals surface area contributed by atoms with Gasteiger partial charge in [0.1, 0.15) is 11.6 Å². The minimum atomic E-state index is -0.480. The maximum atomic E-state index is 14.0. The Bertz CT molecular complexity index is 1040. The Labute approximate surface area is 192 Å². The number of amides is 1. The molecular weight excluding hydrogens is 425 g/mol. The second kappa shape index (κ2) is 9.21. The molecule has 1 atom stereocenters. The zero-order valence-corrected chi connectivity index (χ0v) is 18.7. The number of carbonyl (C=O) groups excluding carboxylic acids is 1. The number of hydrogen-bond acceptors (Lipinski definition) is 6. The molecule has 8 heteroatoms. The molecule has 1 spiro atoms. The van der Waals surface area contributed by atoms with E-state index in [1.54, 1.807) is 13.2 Å². The van der Waals surface area contributed by atoms with E-state index in [1.165, 1.54) is 17.1 Å². The lowest BCUT2D eigenvalue weighted by Crippen LogP contribution is -2.48. The molecule has 2 aromatic carbocycles. The molecule has 0 saturated carbocycles. The normalized spacial score (nSPS) is 22.5. The monoisotopic (exact) mass is 453 g/mol. The van der Waals surface area contributed by atoms with Gasteiger partial charge in [0.25, 0.3) is 5.91 Å². The Kier molecular flexibility index (Phi) is 6.14. The molecule has 2 aromatic rings. The van der Waals surface area contributed by atoms with E-state index in [2.05, 4.69) is 4.90 Å². The smallest absolute Gasteiger partial charge is 0.257 e. The third kappa shape index (κ3) is 4.51. The van der Waals surface area contributed by atoms with E-state index in [1.807, 2.05) is 30.3 Å². The summed E-state index contributed by atoms with van der Waals surface area (Å²) in [5.74, 6) is -0.227. The number of piperidine rings is 1. The fourth-order valence-electron chi connectivity index (χ4n) is 4.86. The molecule has 0 N–H and O–H groups in total. The topological polar surface area (TPSA) is 63.6 Å². The SMILES string of the molecule is COc1ccccc1C1=NN(C(=O)CN2CCC3(CC2)OCCO3)[C@H](c2cccc(F)c2)C1. The lowest BCUT2D eigenvalue weighted by Gasteiger charge is -2.37. The number of halogens is 1. The minimum absolute atomic E-state index is 0.113. The highest BCUT2D eigenvalue weighted by atomic mass is 19.1. The van der Waals surface area contributed by atoms with Crippen molar-refractivity contribution >= 4 is 11.6 Å². The van der Waals surface area contributed by atoms with Gasteiger partial charge in [0.15, 0.2) is 5.79 Å². The number of benzene rings is 2. The highest BCUT2D eigenvalue weighted by Gasteiger charge is 2.41. The first kappa shape index (κ1) is 22.0. The average molecular weight is 454 g/mol. The van der Waals surface area contributed by atoms with Gasteiger partial charge in [0, 0.05) is 37.9 Å². The van der Waals surface area contributed by atoms with Crippen LogP contribution in [-0.2, 0) is 14.3 Å². The highest BCUT2D eigenvalue weighted by Crippen LogP contribution is 2.36. The Balaban J connectivity index is 1.37. The zero-order chi connectivity index (χ0) is 22.8. The quantitative estimate of drug-likeness (QED) is 0.695. The van der Waals surface area contributed by atoms with Gasteiger partial charge in [0.2, 0.25) is 0 Å². The molecule has 3 aliphatic rings. The van der Waals surface area contributed by atoms with Gasteiger partial charge in [-0.05, 0) is 29.8 Å². The van der Waals surface area contributed by atoms with Crippen LogP contribution in [0, 0.1) is 5.82 Å². The second-order valence-corrected chi connectivity index (χ2v) is 8.64. The number of rotatable bonds is 5. The molecule has 174 valence electrons. The summed E-state index contributed by atoms with van der Waals surface area (Å²) in [5, 5.41) is 6.23. The lowest BCUT2D eigenvalue weighted by atomic mass is 9.97. The van der Waals surface area contributed by atoms with Crippen LogP contribution in [0.3, 0.4) is 0 Å². The second-order valence-electron chi connectivity index (χ2n) is 8.64. The van der Waals surface area contributed by atoms with Crippen LogP contribution in [0.4, 0.5) is 4.39 Å². The molecule has 0 aromatic heterocycles. The van der Waals surface area contributed by atoms with Crippen molar-refractivity contribution in [3.63, 3.8) is 0 Å². The summed E-state index contributed by atoms with van der Waals surface area (Å²) in [6.07, 6.45) is 1.97. The summed E-state index contributed by atoms with van der Waals surface area (Å²) < 4.78 is 31.1. The Hall–Kier alpha value is -2.81. The van der Waals surface area contributed by atoms with Crippen molar-refractivity contribution in [3.8, 4) is 5.75 Å². The Morgan fingerprint density at radius 1 is 1.15 bits per heavy atom. The first-order chi connectivity index (χ1) is 16.1. The molecular formula is C25H28FN3O4. The third-order valence-corrected chi connectivity index (χ3v) is 6.61. The van der Waals surface area contributed by atoms with Crippen LogP contribution in [0.2, 0.25) is 0 Å². The number of ether oxygens (including phenoxy) is 3. The van der Waals surface area contributed by atoms with Crippen LogP contribution in [0.25, 0.3) is 0 Å². The molecule has 2 saturated heterocycles. The van der Waals surface area contributed by atoms with Gasteiger partial charge in [-0.2, -0.15) is 5.10 Å². The molecule has 7 nitrogen and oxygen atoms in total. The van der Waals surface area contributed by atoms with E-state index in [0.717, 1.165) is 29.7 Å². The fraction of sp³-hybridized carbons (Fsp3) is 0.440. The maximum absolute atomic E-state index is 14.0. The van der Waals surface area contributed by atoms with Gasteiger partial charge in [-0.1, -0.05) is 24.3 Å². The van der Waals surface area contributed by atoms with Gasteiger partial charge in [-0.15, -0.1) is 0 Å². The number of hydrazone groups is 1. The van der Waals surface area contributed by atoms with E-state index >= 15 is 0 Å². The third-order valence-electron chi connectivity index (χ3n) is 6.61. The van der Waals surface area contributed by atoms with Gasteiger partial charge in [0.05, 0.1) is 38.6 Å². The van der Waals surface area contributed by atoms with Crippen LogP contribution >= 0.6 is 0 Å². The van der Waals surface area contributed by atoms with Crippen LogP contribution < -0.4 is 4.74 Å². The molecule has 2 fully saturated rings. The van der Waals surface area contributed by atoms with E-state index in [0.29, 0.717) is 38.5 Å². The van der Waals surface area contributed by atoms with Crippen molar-refractivity contribution in [2.75, 3.05) is 40.0 Å². The van der Waals surface area contributed by atoms with Crippen LogP contribution in [-0.4, -0.2) is 67.3 Å². The van der Waals surface area contributed by atoms with E-state index in [4.69, 9.17) is 19.3 Å². The number of para-hydroxylation sites is 1. The molecule has 5 rings (SSSR count). The summed E-state index contributed by atoms with van der Waals surface area (Å²) in [6, 6.07) is 13.6. The number of likely N-dealkylation sites (tertiary alicyclic amines) is 1. The van der Waals surface area contributed by atoms with Gasteiger partial charge >= 0.3 is 0 Å². The van der Waals surface area contributed by atoms with Crippen LogP contribution in [0.5, 0.6) is 5.75 Å². The van der Waals surface area contributed by atoms with Crippen molar-refractivity contribution in [1.82, 2.24) is 9.91 Å². The predicted molar refractivity (Wildman–Crippen MR) is 120 cm³/mol. The number of carbonyl (C=O) groups is 1. The van der Waals surface area contributed by atoms with E-state index < -0.39 is 5.79 Å². The standard InChI is InChI=1S/C25H28FN3O4/c1-31-23-8-3-2-7-20(23)21-16-22(18-5-4-6-19(26)15-18)29(27-21)24(30)17-28-11-9-25(10-12-28)32-13-14-33-25/h2-8,15,22H,9-14,16-17H2,1H3/t22-/m0/s1. The lowest BCUT2D eigenvalue weighted by molar-refractivity contribution is -0.186. The molecule has 33 heavy (non-hydrogen) atoms. The van der Waals surface area contributed by atoms with Crippen molar-refractivity contribution in [2.45, 2.75) is 31.1 Å². The first-order valence-corrected chi connectivity index (χ1v) is 11.4. The first-order valence-electron chi connectivity index (χ1n) is 11.4. The zero-order valence-electron chi connectivity index (χ0n) is 18.7. The molecule has 0 radical (unpaired) electrons. The van der Waals surface area contributed by atoms with Crippen molar-refractivity contribution in [3.05, 3.63) is 65.5 Å². The summed E-state index contributed by atoms with van der Waals surface area (Å²) in [6.45, 7) is 2.93. The van der Waals surface area contributed by atoms with Gasteiger partial charge in [-0.3, -0.25) is 9.69 Å². The molecule has 0 unspecified atom stereocenters. The summed E-state index contributed by atoms with van der Waals surface area (Å²) in [5.41, 5.74) is 2.31. The number of nitrogens with zero attached hydrogens (tertiary/aromatic N) is 3. The van der Waals surface area contributed by atoms with Crippen LogP contribution in [0.1, 0.15) is 36.4 Å². The van der Waals surface area contributed by atoms with Crippen molar-refractivity contribution in [2.24, 2.45) is 5.10 Å². The van der Waals surface area contributed by atoms with E-state index in [-0.39, 0.29) is 24.3 Å². The Morgan fingerprint density at radius 3 is 2.64 bits per heavy atom. The molecule has 3 heterocycles. The average Bonchev–Trinajstić information content (AvgIpc) is 3.48. The summed E-state index contributed by atoms with van der Waals surface area (Å²) in [4.78, 5) is 15.5. The Morgan fingerprint density at radius 2 is 1.91 bits per heavy atom. The highest BCUT2D eigenvalue weighted by molar-refractivity contribution is 6.05. The minimum Gasteiger partial charge on any atom is -0.496 e. The van der Waals surface area contributed by atoms with E-state index in [9.17, 15) is 9.18 Å². The molecule has 3 aliphatic heterocycles. The summed E-state index contributed by atoms with van der Waals surface area (Å²) >= 11 is 0. The molecule has 0 aliphatic carbocycles. The van der Waals surface area contributed by atoms with Crippen molar-refractivity contribution < 1.29 is 23.4 Å². The summed E-state index contributed by atoms with van der Waals surface area (Å²) in [7, 11) is 1.61. The number of hydrogen-bond donors (Lipinski definition) is 0. The predicted octanol–water partition coefficient (Wildman–Crippen LogP) is 3.35. The maximum Gasteiger partial charge on any atom is 0.257 e. The fourth-order valence-corrected chi connectivity index (χ4v) is 4.86. The number of methoxy groups -OCH3 is 1. The van der Waals surface area contributed by atoms with Crippen molar-refractivity contribution in [1.29, 1.82) is 0 Å². The van der Waals surface area contributed by atoms with Gasteiger partial charge in [-0.25, -0.2) is 9.40 Å².